The van der Waals surface area contributed by atoms with Crippen LogP contribution in [0.5, 0.6) is 0 Å². The Morgan fingerprint density at radius 1 is 1.70 bits per heavy atom. The smallest absolute Gasteiger partial charge is 0.115 e. The fourth-order valence-corrected chi connectivity index (χ4v) is 1.06. The molecule has 1 fully saturated rings. The first-order valence-corrected chi connectivity index (χ1v) is 3.40. The highest BCUT2D eigenvalue weighted by Gasteiger charge is 2.20. The van der Waals surface area contributed by atoms with Gasteiger partial charge in [0.2, 0.25) is 0 Å². The van der Waals surface area contributed by atoms with E-state index in [1.165, 1.54) is 5.57 Å². The molecule has 1 rings (SSSR count). The summed E-state index contributed by atoms with van der Waals surface area (Å²) in [6.45, 7) is 10.3. The van der Waals surface area contributed by atoms with Crippen molar-refractivity contribution in [2.75, 3.05) is 6.61 Å². The second-order valence-corrected chi connectivity index (χ2v) is 2.49. The largest absolute Gasteiger partial charge is 0.493 e. The predicted octanol–water partition coefficient (Wildman–Crippen LogP) is 2.28. The zero-order chi connectivity index (χ0) is 7.56. The lowest BCUT2D eigenvalue weighted by Gasteiger charge is -1.97. The summed E-state index contributed by atoms with van der Waals surface area (Å²) in [6.07, 6.45) is 3.73. The third-order valence-corrected chi connectivity index (χ3v) is 1.66. The van der Waals surface area contributed by atoms with Gasteiger partial charge < -0.3 is 4.74 Å². The summed E-state index contributed by atoms with van der Waals surface area (Å²) in [5, 5.41) is 0. The molecule has 1 unspecified atom stereocenters. The molecule has 1 heteroatoms. The van der Waals surface area contributed by atoms with Gasteiger partial charge in [-0.1, -0.05) is 32.2 Å². The lowest BCUT2D eigenvalue weighted by Crippen LogP contribution is -1.92. The Labute approximate surface area is 61.7 Å². The standard InChI is InChI=1S/C9H12O/c1-4-5-9-7(2)6-10-8(9)3/h4-5,7H,1,3,6H2,2H3/b9-5-. The van der Waals surface area contributed by atoms with Crippen molar-refractivity contribution in [3.63, 3.8) is 0 Å². The molecule has 0 saturated carbocycles. The number of allylic oxidation sites excluding steroid dienone is 3. The van der Waals surface area contributed by atoms with Gasteiger partial charge in [0.1, 0.15) is 5.76 Å². The lowest BCUT2D eigenvalue weighted by molar-refractivity contribution is 0.247. The molecule has 0 aromatic heterocycles. The van der Waals surface area contributed by atoms with Gasteiger partial charge in [-0.2, -0.15) is 0 Å². The maximum atomic E-state index is 5.22. The van der Waals surface area contributed by atoms with E-state index in [1.807, 2.05) is 6.08 Å². The molecule has 1 atom stereocenters. The van der Waals surface area contributed by atoms with Crippen molar-refractivity contribution >= 4 is 0 Å². The van der Waals surface area contributed by atoms with Crippen LogP contribution in [0.4, 0.5) is 0 Å². The zero-order valence-electron chi connectivity index (χ0n) is 6.26. The molecule has 1 nitrogen and oxygen atoms in total. The van der Waals surface area contributed by atoms with Crippen LogP contribution in [0.3, 0.4) is 0 Å². The molecule has 0 amide bonds. The molecule has 0 bridgehead atoms. The highest BCUT2D eigenvalue weighted by atomic mass is 16.5. The Balaban J connectivity index is 2.81. The van der Waals surface area contributed by atoms with Crippen LogP contribution in [0, 0.1) is 5.92 Å². The second-order valence-electron chi connectivity index (χ2n) is 2.49. The molecule has 0 aliphatic carbocycles. The summed E-state index contributed by atoms with van der Waals surface area (Å²) < 4.78 is 5.22. The van der Waals surface area contributed by atoms with Crippen molar-refractivity contribution in [1.82, 2.24) is 0 Å². The van der Waals surface area contributed by atoms with Crippen LogP contribution in [0.25, 0.3) is 0 Å². The van der Waals surface area contributed by atoms with Crippen LogP contribution < -0.4 is 0 Å². The van der Waals surface area contributed by atoms with E-state index in [0.717, 1.165) is 12.4 Å². The molecule has 54 valence electrons. The summed E-state index contributed by atoms with van der Waals surface area (Å²) in [7, 11) is 0. The van der Waals surface area contributed by atoms with Gasteiger partial charge >= 0.3 is 0 Å². The molecule has 0 spiro atoms. The molecule has 0 aromatic carbocycles. The van der Waals surface area contributed by atoms with E-state index >= 15 is 0 Å². The first-order valence-electron chi connectivity index (χ1n) is 3.40. The molecule has 1 aliphatic heterocycles. The van der Waals surface area contributed by atoms with Crippen LogP contribution in [0.2, 0.25) is 0 Å². The monoisotopic (exact) mass is 136 g/mol. The number of ether oxygens (including phenoxy) is 1. The summed E-state index contributed by atoms with van der Waals surface area (Å²) >= 11 is 0. The van der Waals surface area contributed by atoms with E-state index in [1.54, 1.807) is 6.08 Å². The van der Waals surface area contributed by atoms with E-state index in [9.17, 15) is 0 Å². The number of rotatable bonds is 1. The van der Waals surface area contributed by atoms with Gasteiger partial charge in [0, 0.05) is 5.92 Å². The topological polar surface area (TPSA) is 9.23 Å². The third kappa shape index (κ3) is 1.13. The fraction of sp³-hybridized carbons (Fsp3) is 0.333. The van der Waals surface area contributed by atoms with Gasteiger partial charge in [-0.3, -0.25) is 0 Å². The lowest BCUT2D eigenvalue weighted by atomic mass is 10.0. The molecule has 1 saturated heterocycles. The zero-order valence-corrected chi connectivity index (χ0v) is 6.26. The first kappa shape index (κ1) is 7.13. The van der Waals surface area contributed by atoms with Crippen molar-refractivity contribution in [1.29, 1.82) is 0 Å². The Morgan fingerprint density at radius 2 is 2.40 bits per heavy atom. The summed E-state index contributed by atoms with van der Waals surface area (Å²) in [4.78, 5) is 0. The van der Waals surface area contributed by atoms with Gasteiger partial charge in [0.15, 0.2) is 0 Å². The molecule has 1 aliphatic rings. The van der Waals surface area contributed by atoms with Crippen molar-refractivity contribution in [3.8, 4) is 0 Å². The molecule has 0 radical (unpaired) electrons. The average molecular weight is 136 g/mol. The van der Waals surface area contributed by atoms with Gasteiger partial charge in [0.25, 0.3) is 0 Å². The average Bonchev–Trinajstić information content (AvgIpc) is 2.20. The molecule has 1 heterocycles. The van der Waals surface area contributed by atoms with Gasteiger partial charge in [0.05, 0.1) is 6.61 Å². The molecule has 0 aromatic rings. The minimum Gasteiger partial charge on any atom is -0.493 e. The summed E-state index contributed by atoms with van der Waals surface area (Å²) in [5.41, 5.74) is 1.18. The second kappa shape index (κ2) is 2.74. The summed E-state index contributed by atoms with van der Waals surface area (Å²) in [5.74, 6) is 1.28. The van der Waals surface area contributed by atoms with Crippen LogP contribution >= 0.6 is 0 Å². The van der Waals surface area contributed by atoms with E-state index in [0.29, 0.717) is 5.92 Å². The Hall–Kier alpha value is -0.980. The van der Waals surface area contributed by atoms with Crippen LogP contribution in [-0.4, -0.2) is 6.61 Å². The Morgan fingerprint density at radius 3 is 2.80 bits per heavy atom. The number of hydrogen-bond donors (Lipinski definition) is 0. The maximum absolute atomic E-state index is 5.22. The van der Waals surface area contributed by atoms with Crippen molar-refractivity contribution in [2.45, 2.75) is 6.92 Å². The van der Waals surface area contributed by atoms with Crippen molar-refractivity contribution in [3.05, 3.63) is 36.6 Å². The highest BCUT2D eigenvalue weighted by molar-refractivity contribution is 5.31. The highest BCUT2D eigenvalue weighted by Crippen LogP contribution is 2.27. The summed E-state index contributed by atoms with van der Waals surface area (Å²) in [6, 6.07) is 0. The minimum absolute atomic E-state index is 0.477. The van der Waals surface area contributed by atoms with Gasteiger partial charge in [-0.05, 0) is 5.57 Å². The SMILES string of the molecule is C=C/C=C1\C(=C)OCC1C. The van der Waals surface area contributed by atoms with Gasteiger partial charge in [-0.25, -0.2) is 0 Å². The van der Waals surface area contributed by atoms with Gasteiger partial charge in [-0.15, -0.1) is 0 Å². The number of hydrogen-bond acceptors (Lipinski definition) is 1. The van der Waals surface area contributed by atoms with E-state index < -0.39 is 0 Å². The van der Waals surface area contributed by atoms with E-state index in [-0.39, 0.29) is 0 Å². The normalized spacial score (nSPS) is 28.7. The van der Waals surface area contributed by atoms with E-state index in [4.69, 9.17) is 4.74 Å². The fourth-order valence-electron chi connectivity index (χ4n) is 1.06. The minimum atomic E-state index is 0.477. The van der Waals surface area contributed by atoms with E-state index in [2.05, 4.69) is 20.1 Å². The first-order chi connectivity index (χ1) is 4.75. The molecule has 0 N–H and O–H groups in total. The quantitative estimate of drug-likeness (QED) is 0.537. The predicted molar refractivity (Wildman–Crippen MR) is 42.5 cm³/mol. The van der Waals surface area contributed by atoms with Crippen LogP contribution in [0.1, 0.15) is 6.92 Å². The Kier molecular flexibility index (Phi) is 1.95. The molecule has 10 heavy (non-hydrogen) atoms. The van der Waals surface area contributed by atoms with Crippen LogP contribution in [-0.2, 0) is 4.74 Å². The van der Waals surface area contributed by atoms with Crippen molar-refractivity contribution in [2.24, 2.45) is 5.92 Å². The Bertz CT molecular complexity index is 189. The maximum Gasteiger partial charge on any atom is 0.115 e. The van der Waals surface area contributed by atoms with Crippen molar-refractivity contribution < 1.29 is 4.74 Å². The third-order valence-electron chi connectivity index (χ3n) is 1.66. The molecular weight excluding hydrogens is 124 g/mol. The van der Waals surface area contributed by atoms with Crippen LogP contribution in [0.15, 0.2) is 36.6 Å². The molecular formula is C9H12O.